The van der Waals surface area contributed by atoms with E-state index in [0.717, 1.165) is 16.6 Å². The van der Waals surface area contributed by atoms with Crippen molar-refractivity contribution in [2.24, 2.45) is 0 Å². The first-order valence-corrected chi connectivity index (χ1v) is 7.91. The van der Waals surface area contributed by atoms with Gasteiger partial charge in [-0.05, 0) is 25.1 Å². The van der Waals surface area contributed by atoms with E-state index in [0.29, 0.717) is 35.4 Å². The summed E-state index contributed by atoms with van der Waals surface area (Å²) < 4.78 is 22.0. The molecular weight excluding hydrogens is 322 g/mol. The van der Waals surface area contributed by atoms with Crippen molar-refractivity contribution in [3.63, 3.8) is 0 Å². The van der Waals surface area contributed by atoms with E-state index in [1.165, 1.54) is 6.33 Å². The molecule has 128 valence electrons. The number of para-hydroxylation sites is 1. The number of benzene rings is 2. The van der Waals surface area contributed by atoms with E-state index in [1.807, 2.05) is 37.3 Å². The molecule has 7 heteroatoms. The fraction of sp³-hybridized carbons (Fsp3) is 0.222. The minimum absolute atomic E-state index is 0.212. The van der Waals surface area contributed by atoms with Crippen LogP contribution in [0.15, 0.2) is 36.7 Å². The number of anilines is 2. The first-order chi connectivity index (χ1) is 12.3. The van der Waals surface area contributed by atoms with E-state index >= 15 is 0 Å². The van der Waals surface area contributed by atoms with E-state index in [1.54, 1.807) is 7.11 Å². The van der Waals surface area contributed by atoms with Crippen LogP contribution >= 0.6 is 0 Å². The Bertz CT molecular complexity index is 930. The van der Waals surface area contributed by atoms with Crippen molar-refractivity contribution >= 4 is 22.4 Å². The summed E-state index contributed by atoms with van der Waals surface area (Å²) in [5.74, 6) is 3.31. The maximum atomic E-state index is 5.61. The van der Waals surface area contributed by atoms with Gasteiger partial charge < -0.3 is 24.3 Å². The zero-order chi connectivity index (χ0) is 17.2. The van der Waals surface area contributed by atoms with Crippen LogP contribution in [0.1, 0.15) is 6.92 Å². The molecule has 1 N–H and O–H groups in total. The van der Waals surface area contributed by atoms with Crippen molar-refractivity contribution in [2.45, 2.75) is 6.92 Å². The van der Waals surface area contributed by atoms with Crippen LogP contribution in [-0.2, 0) is 0 Å². The van der Waals surface area contributed by atoms with Crippen molar-refractivity contribution in [2.75, 3.05) is 25.8 Å². The molecule has 1 aromatic heterocycles. The van der Waals surface area contributed by atoms with Gasteiger partial charge in [-0.3, -0.25) is 0 Å². The summed E-state index contributed by atoms with van der Waals surface area (Å²) in [4.78, 5) is 8.70. The fourth-order valence-electron chi connectivity index (χ4n) is 2.75. The van der Waals surface area contributed by atoms with Gasteiger partial charge in [-0.25, -0.2) is 9.97 Å². The number of fused-ring (bicyclic) bond motifs is 2. The van der Waals surface area contributed by atoms with E-state index in [2.05, 4.69) is 15.3 Å². The van der Waals surface area contributed by atoms with Gasteiger partial charge >= 0.3 is 0 Å². The molecule has 0 saturated carbocycles. The molecule has 1 aliphatic rings. The summed E-state index contributed by atoms with van der Waals surface area (Å²) in [7, 11) is 1.61. The molecule has 1 aliphatic heterocycles. The van der Waals surface area contributed by atoms with Gasteiger partial charge in [0.05, 0.1) is 24.9 Å². The lowest BCUT2D eigenvalue weighted by Gasteiger charge is -2.13. The summed E-state index contributed by atoms with van der Waals surface area (Å²) in [6.45, 7) is 2.68. The normalized spacial score (nSPS) is 12.2. The van der Waals surface area contributed by atoms with Gasteiger partial charge in [-0.2, -0.15) is 0 Å². The minimum atomic E-state index is 0.212. The summed E-state index contributed by atoms with van der Waals surface area (Å²) >= 11 is 0. The maximum Gasteiger partial charge on any atom is 0.231 e. The van der Waals surface area contributed by atoms with Crippen LogP contribution in [0, 0.1) is 0 Å². The smallest absolute Gasteiger partial charge is 0.231 e. The second-order valence-electron chi connectivity index (χ2n) is 5.34. The predicted molar refractivity (Wildman–Crippen MR) is 93.1 cm³/mol. The van der Waals surface area contributed by atoms with E-state index in [4.69, 9.17) is 18.9 Å². The van der Waals surface area contributed by atoms with Crippen LogP contribution in [0.2, 0.25) is 0 Å². The summed E-state index contributed by atoms with van der Waals surface area (Å²) in [6, 6.07) is 9.38. The van der Waals surface area contributed by atoms with Gasteiger partial charge in [0.25, 0.3) is 0 Å². The number of ether oxygens (including phenoxy) is 4. The Morgan fingerprint density at radius 3 is 2.92 bits per heavy atom. The van der Waals surface area contributed by atoms with Crippen molar-refractivity contribution < 1.29 is 18.9 Å². The first kappa shape index (κ1) is 15.3. The summed E-state index contributed by atoms with van der Waals surface area (Å²) in [5, 5.41) is 4.12. The molecule has 0 aliphatic carbocycles. The molecule has 0 fully saturated rings. The highest BCUT2D eigenvalue weighted by molar-refractivity contribution is 5.93. The molecule has 2 heterocycles. The lowest BCUT2D eigenvalue weighted by molar-refractivity contribution is 0.174. The molecule has 0 radical (unpaired) electrons. The van der Waals surface area contributed by atoms with Crippen molar-refractivity contribution in [3.05, 3.63) is 36.7 Å². The highest BCUT2D eigenvalue weighted by Gasteiger charge is 2.19. The highest BCUT2D eigenvalue weighted by atomic mass is 16.7. The Labute approximate surface area is 144 Å². The largest absolute Gasteiger partial charge is 0.493 e. The van der Waals surface area contributed by atoms with E-state index in [9.17, 15) is 0 Å². The van der Waals surface area contributed by atoms with Crippen LogP contribution in [0.5, 0.6) is 23.0 Å². The molecule has 25 heavy (non-hydrogen) atoms. The second-order valence-corrected chi connectivity index (χ2v) is 5.34. The number of aromatic nitrogens is 2. The second kappa shape index (κ2) is 6.35. The number of nitrogens with zero attached hydrogens (tertiary/aromatic N) is 2. The van der Waals surface area contributed by atoms with Crippen LogP contribution < -0.4 is 24.3 Å². The van der Waals surface area contributed by atoms with Gasteiger partial charge in [0.15, 0.2) is 23.0 Å². The molecule has 7 nitrogen and oxygen atoms in total. The van der Waals surface area contributed by atoms with Crippen LogP contribution in [0.4, 0.5) is 11.5 Å². The Kier molecular flexibility index (Phi) is 3.89. The Morgan fingerprint density at radius 2 is 2.08 bits per heavy atom. The number of rotatable bonds is 5. The molecule has 0 saturated heterocycles. The average molecular weight is 339 g/mol. The van der Waals surface area contributed by atoms with Gasteiger partial charge in [0.2, 0.25) is 6.79 Å². The van der Waals surface area contributed by atoms with Gasteiger partial charge in [0.1, 0.15) is 12.1 Å². The maximum absolute atomic E-state index is 5.61. The quantitative estimate of drug-likeness (QED) is 0.762. The Balaban J connectivity index is 1.79. The number of methoxy groups -OCH3 is 1. The molecule has 0 amide bonds. The number of hydrogen-bond donors (Lipinski definition) is 1. The standard InChI is InChI=1S/C18H17N3O4/c1-3-23-16-8-13-11(7-15(16)22-2)18(20-9-19-13)21-12-5-4-6-14-17(12)25-10-24-14/h4-9H,3,10H2,1-2H3,(H,19,20,21). The SMILES string of the molecule is CCOc1cc2ncnc(Nc3cccc4c3OCO4)c2cc1OC. The summed E-state index contributed by atoms with van der Waals surface area (Å²) in [5.41, 5.74) is 1.54. The fourth-order valence-corrected chi connectivity index (χ4v) is 2.75. The van der Waals surface area contributed by atoms with Gasteiger partial charge in [-0.1, -0.05) is 6.07 Å². The summed E-state index contributed by atoms with van der Waals surface area (Å²) in [6.07, 6.45) is 1.51. The average Bonchev–Trinajstić information content (AvgIpc) is 3.11. The molecule has 4 rings (SSSR count). The molecule has 0 bridgehead atoms. The molecule has 3 aromatic rings. The third kappa shape index (κ3) is 2.73. The highest BCUT2D eigenvalue weighted by Crippen LogP contribution is 2.41. The lowest BCUT2D eigenvalue weighted by Crippen LogP contribution is -2.00. The number of nitrogens with one attached hydrogen (secondary N) is 1. The topological polar surface area (TPSA) is 74.7 Å². The van der Waals surface area contributed by atoms with E-state index in [-0.39, 0.29) is 6.79 Å². The minimum Gasteiger partial charge on any atom is -0.493 e. The van der Waals surface area contributed by atoms with Crippen molar-refractivity contribution in [1.29, 1.82) is 0 Å². The monoisotopic (exact) mass is 339 g/mol. The third-order valence-corrected chi connectivity index (χ3v) is 3.87. The van der Waals surface area contributed by atoms with Crippen LogP contribution in [0.3, 0.4) is 0 Å². The van der Waals surface area contributed by atoms with E-state index < -0.39 is 0 Å². The molecule has 2 aromatic carbocycles. The lowest BCUT2D eigenvalue weighted by atomic mass is 10.2. The van der Waals surface area contributed by atoms with Gasteiger partial charge in [-0.15, -0.1) is 0 Å². The predicted octanol–water partition coefficient (Wildman–Crippen LogP) is 3.51. The molecule has 0 atom stereocenters. The van der Waals surface area contributed by atoms with Crippen LogP contribution in [0.25, 0.3) is 10.9 Å². The third-order valence-electron chi connectivity index (χ3n) is 3.87. The molecular formula is C18H17N3O4. The molecule has 0 spiro atoms. The number of hydrogen-bond acceptors (Lipinski definition) is 7. The first-order valence-electron chi connectivity index (χ1n) is 7.91. The Hall–Kier alpha value is -3.22. The van der Waals surface area contributed by atoms with Crippen LogP contribution in [-0.4, -0.2) is 30.5 Å². The molecule has 0 unspecified atom stereocenters. The van der Waals surface area contributed by atoms with Crippen molar-refractivity contribution in [3.8, 4) is 23.0 Å². The van der Waals surface area contributed by atoms with Gasteiger partial charge in [0, 0.05) is 11.5 Å². The van der Waals surface area contributed by atoms with Crippen molar-refractivity contribution in [1.82, 2.24) is 9.97 Å². The zero-order valence-electron chi connectivity index (χ0n) is 13.9. The zero-order valence-corrected chi connectivity index (χ0v) is 13.9. The Morgan fingerprint density at radius 1 is 1.16 bits per heavy atom.